The molecule has 0 spiro atoms. The van der Waals surface area contributed by atoms with Crippen molar-refractivity contribution in [3.8, 4) is 22.8 Å². The Morgan fingerprint density at radius 3 is 2.59 bits per heavy atom. The summed E-state index contributed by atoms with van der Waals surface area (Å²) in [5.74, 6) is 1.34. The lowest BCUT2D eigenvalue weighted by Gasteiger charge is -2.25. The van der Waals surface area contributed by atoms with E-state index >= 15 is 0 Å². The Morgan fingerprint density at radius 2 is 1.90 bits per heavy atom. The van der Waals surface area contributed by atoms with E-state index in [2.05, 4.69) is 24.9 Å². The molecule has 0 saturated carbocycles. The van der Waals surface area contributed by atoms with Crippen molar-refractivity contribution in [3.05, 3.63) is 67.0 Å². The minimum Gasteiger partial charge on any atom is -0.493 e. The van der Waals surface area contributed by atoms with Crippen LogP contribution in [0.1, 0.15) is 12.0 Å². The molecule has 1 aliphatic rings. The molecule has 0 aliphatic carbocycles. The van der Waals surface area contributed by atoms with Gasteiger partial charge in [0.2, 0.25) is 5.91 Å². The van der Waals surface area contributed by atoms with Crippen LogP contribution in [0, 0.1) is 0 Å². The van der Waals surface area contributed by atoms with Crippen LogP contribution < -0.4 is 9.47 Å². The highest BCUT2D eigenvalue weighted by Gasteiger charge is 2.16. The van der Waals surface area contributed by atoms with Crippen molar-refractivity contribution in [2.75, 3.05) is 27.3 Å². The second kappa shape index (κ2) is 7.83. The van der Waals surface area contributed by atoms with Crippen molar-refractivity contribution >= 4 is 17.1 Å². The number of imidazole rings is 1. The van der Waals surface area contributed by atoms with Crippen molar-refractivity contribution in [3.63, 3.8) is 0 Å². The second-order valence-electron chi connectivity index (χ2n) is 6.85. The van der Waals surface area contributed by atoms with E-state index in [0.717, 1.165) is 28.9 Å². The minimum absolute atomic E-state index is 0.0232. The quantitative estimate of drug-likeness (QED) is 0.623. The van der Waals surface area contributed by atoms with E-state index < -0.39 is 0 Å². The molecule has 3 aromatic rings. The largest absolute Gasteiger partial charge is 0.493 e. The fourth-order valence-electron chi connectivity index (χ4n) is 3.58. The highest BCUT2D eigenvalue weighted by Crippen LogP contribution is 2.32. The van der Waals surface area contributed by atoms with Gasteiger partial charge < -0.3 is 18.8 Å². The summed E-state index contributed by atoms with van der Waals surface area (Å²) in [6.07, 6.45) is 8.40. The van der Waals surface area contributed by atoms with Crippen LogP contribution in [-0.2, 0) is 4.79 Å². The first-order valence-corrected chi connectivity index (χ1v) is 9.45. The lowest BCUT2D eigenvalue weighted by molar-refractivity contribution is -0.125. The Bertz CT molecular complexity index is 1110. The number of carbonyl (C=O) groups is 1. The molecule has 0 N–H and O–H groups in total. The van der Waals surface area contributed by atoms with Gasteiger partial charge in [0, 0.05) is 31.0 Å². The van der Waals surface area contributed by atoms with Crippen LogP contribution in [0.3, 0.4) is 0 Å². The van der Waals surface area contributed by atoms with Crippen LogP contribution >= 0.6 is 0 Å². The van der Waals surface area contributed by atoms with Gasteiger partial charge in [-0.05, 0) is 54.0 Å². The fraction of sp³-hybridized carbons (Fsp3) is 0.217. The minimum atomic E-state index is -0.0232. The monoisotopic (exact) mass is 389 g/mol. The van der Waals surface area contributed by atoms with E-state index in [-0.39, 0.29) is 5.91 Å². The maximum Gasteiger partial charge on any atom is 0.246 e. The van der Waals surface area contributed by atoms with Crippen LogP contribution in [0.2, 0.25) is 0 Å². The molecule has 0 bridgehead atoms. The van der Waals surface area contributed by atoms with Crippen LogP contribution in [0.15, 0.2) is 61.5 Å². The average Bonchev–Trinajstić information content (AvgIpc) is 3.21. The molecule has 0 atom stereocenters. The summed E-state index contributed by atoms with van der Waals surface area (Å²) in [5, 5.41) is 0. The maximum absolute atomic E-state index is 11.8. The first kappa shape index (κ1) is 18.8. The molecular weight excluding hydrogens is 366 g/mol. The van der Waals surface area contributed by atoms with Gasteiger partial charge in [-0.2, -0.15) is 0 Å². The molecule has 3 heterocycles. The second-order valence-corrected chi connectivity index (χ2v) is 6.85. The van der Waals surface area contributed by atoms with Gasteiger partial charge >= 0.3 is 0 Å². The van der Waals surface area contributed by atoms with Crippen LogP contribution in [0.25, 0.3) is 22.5 Å². The molecule has 1 aliphatic heterocycles. The molecule has 148 valence electrons. The fourth-order valence-corrected chi connectivity index (χ4v) is 3.58. The number of aromatic nitrogens is 2. The lowest BCUT2D eigenvalue weighted by atomic mass is 10.0. The van der Waals surface area contributed by atoms with E-state index in [0.29, 0.717) is 24.6 Å². The Balaban J connectivity index is 1.63. The number of benzene rings is 1. The first-order chi connectivity index (χ1) is 14.1. The number of ether oxygens (including phenoxy) is 2. The molecule has 4 rings (SSSR count). The zero-order valence-electron chi connectivity index (χ0n) is 16.6. The standard InChI is InChI=1S/C23H23N3O3/c1-4-23(27)25-11-9-16(10-12-25)18-6-8-22-24-19(15-26(22)14-18)17-5-7-20(28-2)21(13-17)29-3/h4-9,13-15H,1,10-12H2,2-3H3. The van der Waals surface area contributed by atoms with Crippen molar-refractivity contribution in [2.45, 2.75) is 6.42 Å². The van der Waals surface area contributed by atoms with E-state index in [1.807, 2.05) is 34.9 Å². The normalized spacial score (nSPS) is 13.9. The zero-order valence-corrected chi connectivity index (χ0v) is 16.6. The predicted molar refractivity (Wildman–Crippen MR) is 113 cm³/mol. The summed E-state index contributed by atoms with van der Waals surface area (Å²) in [5.41, 5.74) is 5.08. The van der Waals surface area contributed by atoms with E-state index in [1.54, 1.807) is 19.1 Å². The Hall–Kier alpha value is -3.54. The maximum atomic E-state index is 11.8. The van der Waals surface area contributed by atoms with E-state index in [9.17, 15) is 4.79 Å². The summed E-state index contributed by atoms with van der Waals surface area (Å²) in [7, 11) is 3.25. The molecule has 0 unspecified atom stereocenters. The third-order valence-corrected chi connectivity index (χ3v) is 5.20. The van der Waals surface area contributed by atoms with Gasteiger partial charge in [-0.1, -0.05) is 12.7 Å². The van der Waals surface area contributed by atoms with Crippen molar-refractivity contribution in [2.24, 2.45) is 0 Å². The number of rotatable bonds is 5. The molecule has 0 fully saturated rings. The molecule has 0 saturated heterocycles. The topological polar surface area (TPSA) is 56.1 Å². The van der Waals surface area contributed by atoms with Gasteiger partial charge in [-0.25, -0.2) is 4.98 Å². The predicted octanol–water partition coefficient (Wildman–Crippen LogP) is 3.82. The first-order valence-electron chi connectivity index (χ1n) is 9.45. The number of carbonyl (C=O) groups excluding carboxylic acids is 1. The highest BCUT2D eigenvalue weighted by molar-refractivity contribution is 5.87. The number of nitrogens with zero attached hydrogens (tertiary/aromatic N) is 3. The van der Waals surface area contributed by atoms with E-state index in [4.69, 9.17) is 14.5 Å². The number of pyridine rings is 1. The van der Waals surface area contributed by atoms with Gasteiger partial charge in [0.05, 0.1) is 19.9 Å². The number of amides is 1. The molecular formula is C23H23N3O3. The number of hydrogen-bond acceptors (Lipinski definition) is 4. The van der Waals surface area contributed by atoms with Gasteiger partial charge in [0.25, 0.3) is 0 Å². The van der Waals surface area contributed by atoms with Crippen LogP contribution in [0.5, 0.6) is 11.5 Å². The summed E-state index contributed by atoms with van der Waals surface area (Å²) < 4.78 is 12.7. The highest BCUT2D eigenvalue weighted by atomic mass is 16.5. The summed E-state index contributed by atoms with van der Waals surface area (Å²) in [6.45, 7) is 4.87. The van der Waals surface area contributed by atoms with Gasteiger partial charge in [0.15, 0.2) is 11.5 Å². The number of hydrogen-bond donors (Lipinski definition) is 0. The van der Waals surface area contributed by atoms with Gasteiger partial charge in [0.1, 0.15) is 5.65 Å². The smallest absolute Gasteiger partial charge is 0.246 e. The summed E-state index contributed by atoms with van der Waals surface area (Å²) >= 11 is 0. The lowest BCUT2D eigenvalue weighted by Crippen LogP contribution is -2.33. The van der Waals surface area contributed by atoms with Crippen molar-refractivity contribution in [1.29, 1.82) is 0 Å². The molecule has 0 radical (unpaired) electrons. The van der Waals surface area contributed by atoms with Crippen LogP contribution in [0.4, 0.5) is 0 Å². The Morgan fingerprint density at radius 1 is 1.10 bits per heavy atom. The number of methoxy groups -OCH3 is 2. The molecule has 29 heavy (non-hydrogen) atoms. The van der Waals surface area contributed by atoms with E-state index in [1.165, 1.54) is 11.6 Å². The summed E-state index contributed by atoms with van der Waals surface area (Å²) in [4.78, 5) is 18.3. The third kappa shape index (κ3) is 3.61. The van der Waals surface area contributed by atoms with Crippen molar-refractivity contribution < 1.29 is 14.3 Å². The molecule has 6 nitrogen and oxygen atoms in total. The zero-order chi connectivity index (χ0) is 20.4. The third-order valence-electron chi connectivity index (χ3n) is 5.20. The Labute approximate surface area is 169 Å². The number of fused-ring (bicyclic) bond motifs is 1. The Kier molecular flexibility index (Phi) is 5.08. The molecule has 2 aromatic heterocycles. The SMILES string of the molecule is C=CC(=O)N1CC=C(c2ccc3nc(-c4ccc(OC)c(OC)c4)cn3c2)CC1. The molecule has 1 aromatic carbocycles. The molecule has 6 heteroatoms. The molecule has 1 amide bonds. The van der Waals surface area contributed by atoms with Gasteiger partial charge in [-0.15, -0.1) is 0 Å². The van der Waals surface area contributed by atoms with Gasteiger partial charge in [-0.3, -0.25) is 4.79 Å². The van der Waals surface area contributed by atoms with Crippen molar-refractivity contribution in [1.82, 2.24) is 14.3 Å². The van der Waals surface area contributed by atoms with Crippen LogP contribution in [-0.4, -0.2) is 47.5 Å². The summed E-state index contributed by atoms with van der Waals surface area (Å²) in [6, 6.07) is 9.88. The average molecular weight is 389 g/mol.